The Bertz CT molecular complexity index is 608. The third kappa shape index (κ3) is 4.63. The number of hydrogen-bond donors (Lipinski definition) is 3. The number of methoxy groups -OCH3 is 1. The van der Waals surface area contributed by atoms with Crippen LogP contribution in [0.4, 0.5) is 5.69 Å². The Hall–Kier alpha value is -2.27. The van der Waals surface area contributed by atoms with Crippen LogP contribution in [0.2, 0.25) is 0 Å². The van der Waals surface area contributed by atoms with Crippen molar-refractivity contribution in [2.45, 2.75) is 37.6 Å². The molecular formula is C15H20N2O8. The second-order valence-electron chi connectivity index (χ2n) is 5.57. The van der Waals surface area contributed by atoms with Crippen molar-refractivity contribution in [1.29, 1.82) is 0 Å². The molecule has 1 heterocycles. The Balaban J connectivity index is 2.19. The minimum absolute atomic E-state index is 0.00510. The number of aliphatic hydroxyl groups is 2. The molecule has 3 N–H and O–H groups in total. The van der Waals surface area contributed by atoms with E-state index in [9.17, 15) is 25.1 Å². The average molecular weight is 356 g/mol. The Morgan fingerprint density at radius 3 is 2.48 bits per heavy atom. The predicted octanol–water partition coefficient (Wildman–Crippen LogP) is -0.429. The van der Waals surface area contributed by atoms with Gasteiger partial charge in [-0.25, -0.2) is 0 Å². The summed E-state index contributed by atoms with van der Waals surface area (Å²) in [6.45, 7) is 1.26. The molecule has 0 saturated carbocycles. The van der Waals surface area contributed by atoms with E-state index in [0.29, 0.717) is 0 Å². The summed E-state index contributed by atoms with van der Waals surface area (Å²) < 4.78 is 16.2. The molecule has 5 atom stereocenters. The Morgan fingerprint density at radius 1 is 1.32 bits per heavy atom. The number of benzene rings is 1. The van der Waals surface area contributed by atoms with Crippen molar-refractivity contribution in [2.24, 2.45) is 0 Å². The van der Waals surface area contributed by atoms with Gasteiger partial charge in [0, 0.05) is 26.2 Å². The van der Waals surface area contributed by atoms with Gasteiger partial charge in [-0.15, -0.1) is 0 Å². The Morgan fingerprint density at radius 2 is 1.96 bits per heavy atom. The fourth-order valence-corrected chi connectivity index (χ4v) is 2.50. The van der Waals surface area contributed by atoms with Gasteiger partial charge in [-0.1, -0.05) is 0 Å². The summed E-state index contributed by atoms with van der Waals surface area (Å²) in [6, 6.07) is 4.22. The van der Waals surface area contributed by atoms with Gasteiger partial charge in [0.2, 0.25) is 12.2 Å². The first-order valence-corrected chi connectivity index (χ1v) is 7.52. The molecule has 10 nitrogen and oxygen atoms in total. The normalized spacial score (nSPS) is 29.0. The first-order chi connectivity index (χ1) is 11.8. The van der Waals surface area contributed by atoms with E-state index in [-0.39, 0.29) is 18.0 Å². The molecule has 1 aromatic carbocycles. The molecule has 0 spiro atoms. The summed E-state index contributed by atoms with van der Waals surface area (Å²) in [5.74, 6) is -0.201. The predicted molar refractivity (Wildman–Crippen MR) is 83.9 cm³/mol. The van der Waals surface area contributed by atoms with Gasteiger partial charge in [0.15, 0.2) is 0 Å². The molecule has 1 aromatic rings. The van der Waals surface area contributed by atoms with E-state index in [1.807, 2.05) is 0 Å². The van der Waals surface area contributed by atoms with E-state index >= 15 is 0 Å². The van der Waals surface area contributed by atoms with Crippen LogP contribution in [0.15, 0.2) is 24.3 Å². The minimum Gasteiger partial charge on any atom is -0.463 e. The summed E-state index contributed by atoms with van der Waals surface area (Å²) in [5, 5.41) is 33.5. The number of ether oxygens (including phenoxy) is 3. The molecule has 1 fully saturated rings. The average Bonchev–Trinajstić information content (AvgIpc) is 2.56. The Kier molecular flexibility index (Phi) is 6.26. The molecular weight excluding hydrogens is 336 g/mol. The van der Waals surface area contributed by atoms with E-state index < -0.39 is 41.5 Å². The molecule has 0 aromatic heterocycles. The van der Waals surface area contributed by atoms with Gasteiger partial charge in [0.25, 0.3) is 5.69 Å². The van der Waals surface area contributed by atoms with Crippen molar-refractivity contribution in [2.75, 3.05) is 13.7 Å². The number of carbonyl (C=O) groups is 1. The molecule has 138 valence electrons. The summed E-state index contributed by atoms with van der Waals surface area (Å²) >= 11 is 0. The van der Waals surface area contributed by atoms with Crippen LogP contribution in [-0.2, 0) is 14.3 Å². The number of nitrogens with zero attached hydrogens (tertiary/aromatic N) is 1. The topological polar surface area (TPSA) is 140 Å². The maximum atomic E-state index is 11.4. The van der Waals surface area contributed by atoms with E-state index in [4.69, 9.17) is 14.2 Å². The van der Waals surface area contributed by atoms with Gasteiger partial charge in [-0.05, 0) is 12.1 Å². The standard InChI is InChI=1S/C15H20N2O8/c1-8(18)16-12-14(20)13(19)11(7-23-2)25-15(12)24-10-5-3-9(4-6-10)17(21)22/h3-6,11-15,19-20H,7H2,1-2H3,(H,16,18). The first kappa shape index (κ1) is 19.1. The van der Waals surface area contributed by atoms with E-state index in [1.54, 1.807) is 0 Å². The minimum atomic E-state index is -1.35. The first-order valence-electron chi connectivity index (χ1n) is 7.52. The molecule has 0 bridgehead atoms. The second-order valence-corrected chi connectivity index (χ2v) is 5.57. The summed E-state index contributed by atoms with van der Waals surface area (Å²) in [6.07, 6.45) is -4.62. The highest BCUT2D eigenvalue weighted by molar-refractivity contribution is 5.73. The highest BCUT2D eigenvalue weighted by Crippen LogP contribution is 2.26. The number of nitro groups is 1. The number of nitrogens with one attached hydrogen (secondary N) is 1. The lowest BCUT2D eigenvalue weighted by Gasteiger charge is -2.42. The van der Waals surface area contributed by atoms with Crippen LogP contribution in [0.25, 0.3) is 0 Å². The molecule has 25 heavy (non-hydrogen) atoms. The van der Waals surface area contributed by atoms with Crippen molar-refractivity contribution in [3.05, 3.63) is 34.4 Å². The molecule has 2 rings (SSSR count). The molecule has 0 aliphatic carbocycles. The summed E-state index contributed by atoms with van der Waals surface area (Å²) in [5.41, 5.74) is -0.108. The van der Waals surface area contributed by atoms with Gasteiger partial charge in [0.05, 0.1) is 11.5 Å². The van der Waals surface area contributed by atoms with Crippen LogP contribution in [0.5, 0.6) is 5.75 Å². The van der Waals surface area contributed by atoms with Crippen molar-refractivity contribution >= 4 is 11.6 Å². The molecule has 1 saturated heterocycles. The molecule has 5 unspecified atom stereocenters. The lowest BCUT2D eigenvalue weighted by Crippen LogP contribution is -2.65. The smallest absolute Gasteiger partial charge is 0.269 e. The zero-order valence-corrected chi connectivity index (χ0v) is 13.7. The highest BCUT2D eigenvalue weighted by Gasteiger charge is 2.46. The van der Waals surface area contributed by atoms with Crippen molar-refractivity contribution in [3.8, 4) is 5.75 Å². The summed E-state index contributed by atoms with van der Waals surface area (Å²) in [7, 11) is 1.41. The molecule has 10 heteroatoms. The molecule has 1 aliphatic heterocycles. The van der Waals surface area contributed by atoms with E-state index in [0.717, 1.165) is 0 Å². The van der Waals surface area contributed by atoms with Crippen LogP contribution < -0.4 is 10.1 Å². The fourth-order valence-electron chi connectivity index (χ4n) is 2.50. The van der Waals surface area contributed by atoms with Gasteiger partial charge in [0.1, 0.15) is 30.1 Å². The van der Waals surface area contributed by atoms with Gasteiger partial charge < -0.3 is 29.7 Å². The van der Waals surface area contributed by atoms with Crippen molar-refractivity contribution < 1.29 is 34.1 Å². The van der Waals surface area contributed by atoms with Gasteiger partial charge in [-0.2, -0.15) is 0 Å². The number of rotatable bonds is 6. The van der Waals surface area contributed by atoms with Gasteiger partial charge >= 0.3 is 0 Å². The zero-order valence-electron chi connectivity index (χ0n) is 13.7. The third-order valence-electron chi connectivity index (χ3n) is 3.70. The maximum Gasteiger partial charge on any atom is 0.269 e. The lowest BCUT2D eigenvalue weighted by atomic mass is 9.97. The van der Waals surface area contributed by atoms with Crippen LogP contribution in [0, 0.1) is 10.1 Å². The number of aliphatic hydroxyl groups excluding tert-OH is 2. The molecule has 1 aliphatic rings. The van der Waals surface area contributed by atoms with Crippen LogP contribution in [0.3, 0.4) is 0 Å². The van der Waals surface area contributed by atoms with Crippen molar-refractivity contribution in [1.82, 2.24) is 5.32 Å². The molecule has 1 amide bonds. The number of non-ortho nitro benzene ring substituents is 1. The maximum absolute atomic E-state index is 11.4. The zero-order chi connectivity index (χ0) is 18.6. The second kappa shape index (κ2) is 8.21. The van der Waals surface area contributed by atoms with Crippen LogP contribution in [-0.4, -0.2) is 65.4 Å². The number of nitro benzene ring substituents is 1. The largest absolute Gasteiger partial charge is 0.463 e. The fraction of sp³-hybridized carbons (Fsp3) is 0.533. The lowest BCUT2D eigenvalue weighted by molar-refractivity contribution is -0.384. The quantitative estimate of drug-likeness (QED) is 0.461. The van der Waals surface area contributed by atoms with Crippen molar-refractivity contribution in [3.63, 3.8) is 0 Å². The monoisotopic (exact) mass is 356 g/mol. The Labute approximate surface area is 143 Å². The SMILES string of the molecule is COCC1OC(Oc2ccc([N+](=O)[O-])cc2)C(NC(C)=O)C(O)C1O. The number of hydrogen-bond acceptors (Lipinski definition) is 8. The number of carbonyl (C=O) groups excluding carboxylic acids is 1. The summed E-state index contributed by atoms with van der Waals surface area (Å²) in [4.78, 5) is 21.5. The van der Waals surface area contributed by atoms with E-state index in [1.165, 1.54) is 38.3 Å². The van der Waals surface area contributed by atoms with Gasteiger partial charge in [-0.3, -0.25) is 14.9 Å². The van der Waals surface area contributed by atoms with Crippen LogP contribution >= 0.6 is 0 Å². The van der Waals surface area contributed by atoms with E-state index in [2.05, 4.69) is 5.32 Å². The van der Waals surface area contributed by atoms with Crippen LogP contribution in [0.1, 0.15) is 6.92 Å². The molecule has 0 radical (unpaired) electrons. The number of amides is 1. The third-order valence-corrected chi connectivity index (χ3v) is 3.70. The highest BCUT2D eigenvalue weighted by atomic mass is 16.7.